The van der Waals surface area contributed by atoms with E-state index in [2.05, 4.69) is 113 Å². The van der Waals surface area contributed by atoms with Crippen molar-refractivity contribution in [2.75, 3.05) is 0 Å². The minimum absolute atomic E-state index is 0.0992. The molecule has 0 saturated heterocycles. The lowest BCUT2D eigenvalue weighted by molar-refractivity contribution is -0.138. The Hall–Kier alpha value is -5.16. The molecule has 0 atom stereocenters. The second-order valence-electron chi connectivity index (χ2n) is 23.0. The van der Waals surface area contributed by atoms with Crippen LogP contribution in [0.2, 0.25) is 20.1 Å². The molecule has 0 nitrogen and oxygen atoms in total. The van der Waals surface area contributed by atoms with E-state index in [0.717, 1.165) is 33.9 Å². The highest BCUT2D eigenvalue weighted by molar-refractivity contribution is 9.10. The SMILES string of the molecule is CC(C)c1cc(F)cc(Cl)c1.CC(C)c1ccc(Cl)c(F)c1.CC(C)c1ccc(Cl)cc1F.CC(C)c1ccc(F)c(Br)c1.CC(C)c1ccc(F)cc1Cl.CC(C)c1ccccc1.CC(C)c1ccccc1C(F)(F)F.Cc1cccc(C(C)C)c1. The first kappa shape index (κ1) is 79.9. The summed E-state index contributed by atoms with van der Waals surface area (Å²) in [5.41, 5.74) is 8.81. The monoisotopic (exact) mass is 1350 g/mol. The molecule has 0 fully saturated rings. The van der Waals surface area contributed by atoms with Gasteiger partial charge in [-0.2, -0.15) is 13.2 Å². The van der Waals surface area contributed by atoms with Gasteiger partial charge in [-0.05, 0) is 188 Å². The van der Waals surface area contributed by atoms with Crippen LogP contribution in [0.1, 0.15) is 214 Å². The summed E-state index contributed by atoms with van der Waals surface area (Å²) >= 11 is 25.7. The molecule has 0 bridgehead atoms. The van der Waals surface area contributed by atoms with Crippen LogP contribution in [-0.2, 0) is 6.18 Å². The smallest absolute Gasteiger partial charge is 0.207 e. The van der Waals surface area contributed by atoms with E-state index >= 15 is 0 Å². The number of benzene rings is 8. The number of rotatable bonds is 8. The summed E-state index contributed by atoms with van der Waals surface area (Å²) in [4.78, 5) is 0. The zero-order valence-corrected chi connectivity index (χ0v) is 57.8. The Morgan fingerprint density at radius 2 is 0.805 bits per heavy atom. The van der Waals surface area contributed by atoms with Crippen molar-refractivity contribution in [3.8, 4) is 0 Å². The van der Waals surface area contributed by atoms with Crippen LogP contribution in [0.15, 0.2) is 174 Å². The van der Waals surface area contributed by atoms with Gasteiger partial charge >= 0.3 is 6.18 Å². The predicted molar refractivity (Wildman–Crippen MR) is 362 cm³/mol. The van der Waals surface area contributed by atoms with Gasteiger partial charge in [-0.15, -0.1) is 0 Å². The van der Waals surface area contributed by atoms with Crippen molar-refractivity contribution < 1.29 is 35.1 Å². The van der Waals surface area contributed by atoms with Gasteiger partial charge in [0.05, 0.1) is 15.1 Å². The van der Waals surface area contributed by atoms with E-state index in [0.29, 0.717) is 60.6 Å². The number of hydrogen-bond donors (Lipinski definition) is 0. The maximum absolute atomic E-state index is 13.0. The third kappa shape index (κ3) is 31.7. The van der Waals surface area contributed by atoms with Crippen LogP contribution in [0.5, 0.6) is 0 Å². The van der Waals surface area contributed by atoms with Gasteiger partial charge in [0.15, 0.2) is 0 Å². The van der Waals surface area contributed by atoms with Gasteiger partial charge in [-0.25, -0.2) is 22.0 Å². The molecule has 0 aromatic heterocycles. The maximum Gasteiger partial charge on any atom is 0.416 e. The Kier molecular flexibility index (Phi) is 37.1. The highest BCUT2D eigenvalue weighted by Gasteiger charge is 2.33. The van der Waals surface area contributed by atoms with E-state index < -0.39 is 11.7 Å². The topological polar surface area (TPSA) is 0 Å². The quantitative estimate of drug-likeness (QED) is 0.133. The summed E-state index contributed by atoms with van der Waals surface area (Å²) < 4.78 is 102. The molecule has 0 N–H and O–H groups in total. The van der Waals surface area contributed by atoms with Crippen molar-refractivity contribution >= 4 is 62.3 Å². The van der Waals surface area contributed by atoms with Crippen LogP contribution < -0.4 is 0 Å². The molecule has 0 aliphatic heterocycles. The average Bonchev–Trinajstić information content (AvgIpc) is 3.60. The van der Waals surface area contributed by atoms with Crippen molar-refractivity contribution in [3.63, 3.8) is 0 Å². The van der Waals surface area contributed by atoms with Crippen molar-refractivity contribution in [1.29, 1.82) is 0 Å². The van der Waals surface area contributed by atoms with Crippen molar-refractivity contribution in [1.82, 2.24) is 0 Å². The highest BCUT2D eigenvalue weighted by atomic mass is 79.9. The van der Waals surface area contributed by atoms with Crippen molar-refractivity contribution in [3.05, 3.63) is 279 Å². The molecule has 0 aliphatic carbocycles. The lowest BCUT2D eigenvalue weighted by Gasteiger charge is -2.14. The predicted octanol–water partition coefficient (Wildman–Crippen LogP) is 27.9. The number of aryl methyl sites for hydroxylation is 1. The van der Waals surface area contributed by atoms with E-state index in [-0.39, 0.29) is 45.9 Å². The van der Waals surface area contributed by atoms with Gasteiger partial charge in [0, 0.05) is 15.1 Å². The van der Waals surface area contributed by atoms with Gasteiger partial charge in [0.25, 0.3) is 0 Å². The van der Waals surface area contributed by atoms with Crippen LogP contribution in [-0.4, -0.2) is 0 Å². The first-order chi connectivity index (χ1) is 40.5. The van der Waals surface area contributed by atoms with Gasteiger partial charge < -0.3 is 0 Å². The van der Waals surface area contributed by atoms with Crippen LogP contribution in [0, 0.1) is 36.0 Å². The minimum atomic E-state index is -4.24. The molecule has 8 rings (SSSR count). The fourth-order valence-electron chi connectivity index (χ4n) is 7.72. The van der Waals surface area contributed by atoms with E-state index in [1.54, 1.807) is 50.2 Å². The standard InChI is InChI=1S/C10H11F3.C10H14.C9H10BrF.4C9H10ClF.C9H12/c1-7(2)8-5-3-4-6-9(8)10(11,12)13;1-8(2)10-6-4-5-9(3)7-10;1-6(2)7-3-4-9(11)8(10)5-7;1-6(2)7-3-8(10)5-9(11)4-7;1-6(2)8-4-3-7(11)5-9(8)10;1-6(2)8-4-3-7(10)5-9(8)11;1-6(2)7-3-4-8(10)9(11)5-7;1-8(2)9-6-4-3-5-7-9/h3-7H,1-2H3;4-8H,1-3H3;5*3-6H,1-2H3;3-8H,1-2H3. The Balaban J connectivity index is 0.000000498. The summed E-state index contributed by atoms with van der Waals surface area (Å²) in [5.74, 6) is 1.61. The van der Waals surface area contributed by atoms with Crippen LogP contribution >= 0.6 is 62.3 Å². The molecule has 8 aromatic rings. The molecule has 87 heavy (non-hydrogen) atoms. The molecule has 0 aliphatic rings. The van der Waals surface area contributed by atoms with Gasteiger partial charge in [-0.3, -0.25) is 0 Å². The molecule has 0 spiro atoms. The second-order valence-corrected chi connectivity index (χ2v) is 25.6. The van der Waals surface area contributed by atoms with E-state index in [4.69, 9.17) is 46.4 Å². The summed E-state index contributed by atoms with van der Waals surface area (Å²) in [7, 11) is 0. The Labute approximate surface area is 544 Å². The zero-order valence-electron chi connectivity index (χ0n) is 53.2. The lowest BCUT2D eigenvalue weighted by Crippen LogP contribution is -2.09. The Bertz CT molecular complexity index is 3110. The fraction of sp³-hybridized carbons (Fsp3) is 0.351. The van der Waals surface area contributed by atoms with E-state index in [1.165, 1.54) is 71.3 Å². The largest absolute Gasteiger partial charge is 0.416 e. The fourth-order valence-corrected chi connectivity index (χ4v) is 9.01. The minimum Gasteiger partial charge on any atom is -0.207 e. The van der Waals surface area contributed by atoms with Gasteiger partial charge in [0.2, 0.25) is 0 Å². The van der Waals surface area contributed by atoms with E-state index in [1.807, 2.05) is 79.7 Å². The highest BCUT2D eigenvalue weighted by Crippen LogP contribution is 2.35. The molecule has 8 aromatic carbocycles. The summed E-state index contributed by atoms with van der Waals surface area (Å²) in [6, 6.07) is 48.8. The summed E-state index contributed by atoms with van der Waals surface area (Å²) in [5, 5.41) is 1.62. The van der Waals surface area contributed by atoms with Gasteiger partial charge in [0.1, 0.15) is 29.1 Å². The molecule has 0 heterocycles. The second kappa shape index (κ2) is 40.5. The summed E-state index contributed by atoms with van der Waals surface area (Å²) in [6.45, 7) is 34.6. The molecular weight excluding hydrogens is 1260 g/mol. The number of halogens is 13. The first-order valence-electron chi connectivity index (χ1n) is 29.0. The van der Waals surface area contributed by atoms with Crippen LogP contribution in [0.4, 0.5) is 35.1 Å². The molecule has 0 unspecified atom stereocenters. The van der Waals surface area contributed by atoms with Crippen molar-refractivity contribution in [2.24, 2.45) is 0 Å². The average molecular weight is 1350 g/mol. The molecule has 0 radical (unpaired) electrons. The van der Waals surface area contributed by atoms with E-state index in [9.17, 15) is 35.1 Å². The molecule has 13 heteroatoms. The van der Waals surface area contributed by atoms with Crippen molar-refractivity contribution in [2.45, 2.75) is 171 Å². The molecule has 0 saturated carbocycles. The Morgan fingerprint density at radius 3 is 1.23 bits per heavy atom. The lowest BCUT2D eigenvalue weighted by atomic mass is 9.97. The Morgan fingerprint density at radius 1 is 0.322 bits per heavy atom. The molecule has 0 amide bonds. The third-order valence-corrected chi connectivity index (χ3v) is 14.7. The zero-order chi connectivity index (χ0) is 66.5. The third-order valence-electron chi connectivity index (χ3n) is 13.0. The maximum atomic E-state index is 13.0. The number of alkyl halides is 3. The van der Waals surface area contributed by atoms with Crippen LogP contribution in [0.3, 0.4) is 0 Å². The van der Waals surface area contributed by atoms with Gasteiger partial charge in [-0.1, -0.05) is 260 Å². The molecular formula is C74H87BrCl4F8. The number of hydrogen-bond acceptors (Lipinski definition) is 0. The summed E-state index contributed by atoms with van der Waals surface area (Å²) in [6.07, 6.45) is -4.24. The first-order valence-corrected chi connectivity index (χ1v) is 31.3. The van der Waals surface area contributed by atoms with Crippen LogP contribution in [0.25, 0.3) is 0 Å². The normalized spacial score (nSPS) is 10.8. The molecule has 474 valence electrons.